The van der Waals surface area contributed by atoms with Crippen molar-refractivity contribution in [2.45, 2.75) is 13.5 Å². The van der Waals surface area contributed by atoms with E-state index in [1.54, 1.807) is 6.07 Å². The Balaban J connectivity index is 1.84. The molecule has 22 heavy (non-hydrogen) atoms. The maximum Gasteiger partial charge on any atom is 0.357 e. The average molecular weight is 314 g/mol. The molecule has 3 rings (SSSR count). The van der Waals surface area contributed by atoms with Crippen molar-refractivity contribution in [2.75, 3.05) is 7.11 Å². The van der Waals surface area contributed by atoms with E-state index in [4.69, 9.17) is 9.47 Å². The molecule has 0 atom stereocenters. The van der Waals surface area contributed by atoms with E-state index < -0.39 is 5.97 Å². The zero-order valence-electron chi connectivity index (χ0n) is 12.2. The lowest BCUT2D eigenvalue weighted by molar-refractivity contribution is 0.0464. The van der Waals surface area contributed by atoms with Crippen LogP contribution in [-0.2, 0) is 11.3 Å². The Kier molecular flexibility index (Phi) is 4.02. The van der Waals surface area contributed by atoms with E-state index in [0.29, 0.717) is 5.88 Å². The molecule has 0 aliphatic rings. The molecule has 0 aliphatic heterocycles. The average Bonchev–Trinajstić information content (AvgIpc) is 2.97. The molecule has 0 N–H and O–H groups in total. The van der Waals surface area contributed by atoms with E-state index in [1.165, 1.54) is 18.4 Å². The Hall–Kier alpha value is -2.47. The number of aromatic nitrogens is 2. The van der Waals surface area contributed by atoms with Gasteiger partial charge in [-0.25, -0.2) is 14.8 Å². The first-order valence-electron chi connectivity index (χ1n) is 6.69. The first-order chi connectivity index (χ1) is 10.7. The Morgan fingerprint density at radius 3 is 2.82 bits per heavy atom. The maximum atomic E-state index is 12.2. The first kappa shape index (κ1) is 14.5. The maximum absolute atomic E-state index is 12.2. The third-order valence-electron chi connectivity index (χ3n) is 3.10. The molecule has 5 nitrogen and oxygen atoms in total. The number of ether oxygens (including phenoxy) is 2. The summed E-state index contributed by atoms with van der Waals surface area (Å²) in [5.41, 5.74) is 1.14. The Labute approximate surface area is 131 Å². The van der Waals surface area contributed by atoms with E-state index in [-0.39, 0.29) is 12.3 Å². The molecule has 0 fully saturated rings. The topological polar surface area (TPSA) is 61.3 Å². The van der Waals surface area contributed by atoms with Gasteiger partial charge in [0.15, 0.2) is 5.69 Å². The van der Waals surface area contributed by atoms with Crippen LogP contribution < -0.4 is 4.74 Å². The molecule has 0 radical (unpaired) electrons. The van der Waals surface area contributed by atoms with Crippen molar-refractivity contribution in [3.8, 4) is 5.88 Å². The normalized spacial score (nSPS) is 10.6. The standard InChI is InChI=1S/C16H14N2O3S/c1-10-9-22-14(17-10)8-21-16(19)13-7-11-5-3-4-6-12(11)15(18-13)20-2/h3-7,9H,8H2,1-2H3. The second-order valence-electron chi connectivity index (χ2n) is 4.70. The van der Waals surface area contributed by atoms with Crippen molar-refractivity contribution in [1.82, 2.24) is 9.97 Å². The highest BCUT2D eigenvalue weighted by Crippen LogP contribution is 2.24. The number of fused-ring (bicyclic) bond motifs is 1. The quantitative estimate of drug-likeness (QED) is 0.691. The lowest BCUT2D eigenvalue weighted by atomic mass is 10.1. The minimum Gasteiger partial charge on any atom is -0.481 e. The number of nitrogens with zero attached hydrogens (tertiary/aromatic N) is 2. The summed E-state index contributed by atoms with van der Waals surface area (Å²) in [5.74, 6) is -0.0768. The number of hydrogen-bond acceptors (Lipinski definition) is 6. The van der Waals surface area contributed by atoms with Crippen LogP contribution in [0, 0.1) is 6.92 Å². The molecule has 0 unspecified atom stereocenters. The number of rotatable bonds is 4. The summed E-state index contributed by atoms with van der Waals surface area (Å²) in [4.78, 5) is 20.7. The molecular formula is C16H14N2O3S. The van der Waals surface area contributed by atoms with Crippen LogP contribution in [0.1, 0.15) is 21.2 Å². The summed E-state index contributed by atoms with van der Waals surface area (Å²) in [6.07, 6.45) is 0. The van der Waals surface area contributed by atoms with Gasteiger partial charge in [0.1, 0.15) is 11.6 Å². The number of esters is 1. The molecule has 0 saturated heterocycles. The van der Waals surface area contributed by atoms with Crippen molar-refractivity contribution in [2.24, 2.45) is 0 Å². The van der Waals surface area contributed by atoms with Gasteiger partial charge in [0.2, 0.25) is 5.88 Å². The fraction of sp³-hybridized carbons (Fsp3) is 0.188. The van der Waals surface area contributed by atoms with Gasteiger partial charge < -0.3 is 9.47 Å². The molecule has 2 heterocycles. The highest BCUT2D eigenvalue weighted by atomic mass is 32.1. The van der Waals surface area contributed by atoms with E-state index in [1.807, 2.05) is 36.6 Å². The summed E-state index contributed by atoms with van der Waals surface area (Å²) >= 11 is 1.46. The van der Waals surface area contributed by atoms with Crippen LogP contribution in [0.3, 0.4) is 0 Å². The van der Waals surface area contributed by atoms with Gasteiger partial charge in [0.25, 0.3) is 0 Å². The Bertz CT molecular complexity index is 829. The van der Waals surface area contributed by atoms with E-state index >= 15 is 0 Å². The summed E-state index contributed by atoms with van der Waals surface area (Å²) in [5, 5.41) is 4.42. The van der Waals surface area contributed by atoms with Gasteiger partial charge in [0.05, 0.1) is 7.11 Å². The number of aryl methyl sites for hydroxylation is 1. The van der Waals surface area contributed by atoms with Gasteiger partial charge in [-0.3, -0.25) is 0 Å². The molecule has 0 bridgehead atoms. The van der Waals surface area contributed by atoms with Crippen molar-refractivity contribution >= 4 is 28.1 Å². The zero-order valence-corrected chi connectivity index (χ0v) is 13.0. The highest BCUT2D eigenvalue weighted by Gasteiger charge is 2.14. The van der Waals surface area contributed by atoms with Crippen molar-refractivity contribution in [1.29, 1.82) is 0 Å². The van der Waals surface area contributed by atoms with Crippen molar-refractivity contribution in [3.63, 3.8) is 0 Å². The van der Waals surface area contributed by atoms with Crippen LogP contribution in [0.5, 0.6) is 5.88 Å². The fourth-order valence-corrected chi connectivity index (χ4v) is 2.78. The molecule has 6 heteroatoms. The van der Waals surface area contributed by atoms with Crippen LogP contribution in [0.15, 0.2) is 35.7 Å². The summed E-state index contributed by atoms with van der Waals surface area (Å²) in [6.45, 7) is 2.05. The monoisotopic (exact) mass is 314 g/mol. The molecular weight excluding hydrogens is 300 g/mol. The Morgan fingerprint density at radius 2 is 2.09 bits per heavy atom. The first-order valence-corrected chi connectivity index (χ1v) is 7.57. The molecule has 0 aliphatic carbocycles. The predicted molar refractivity (Wildman–Crippen MR) is 84.3 cm³/mol. The predicted octanol–water partition coefficient (Wildman–Crippen LogP) is 3.37. The third-order valence-corrected chi connectivity index (χ3v) is 4.04. The number of carbonyl (C=O) groups excluding carboxylic acids is 1. The van der Waals surface area contributed by atoms with Crippen LogP contribution in [0.4, 0.5) is 0 Å². The molecule has 3 aromatic rings. The lowest BCUT2D eigenvalue weighted by Gasteiger charge is -2.07. The number of thiazole rings is 1. The molecule has 1 aromatic carbocycles. The third kappa shape index (κ3) is 2.92. The number of benzene rings is 1. The highest BCUT2D eigenvalue weighted by molar-refractivity contribution is 7.09. The Morgan fingerprint density at radius 1 is 1.27 bits per heavy atom. The van der Waals surface area contributed by atoms with Gasteiger partial charge >= 0.3 is 5.97 Å². The minimum absolute atomic E-state index is 0.147. The number of methoxy groups -OCH3 is 1. The number of carbonyl (C=O) groups is 1. The minimum atomic E-state index is -0.489. The van der Waals surface area contributed by atoms with Gasteiger partial charge in [0, 0.05) is 16.5 Å². The number of pyridine rings is 1. The molecule has 0 amide bonds. The summed E-state index contributed by atoms with van der Waals surface area (Å²) < 4.78 is 10.5. The largest absolute Gasteiger partial charge is 0.481 e. The van der Waals surface area contributed by atoms with Crippen molar-refractivity contribution < 1.29 is 14.3 Å². The molecule has 0 saturated carbocycles. The van der Waals surface area contributed by atoms with Crippen LogP contribution in [0.2, 0.25) is 0 Å². The van der Waals surface area contributed by atoms with Crippen LogP contribution in [0.25, 0.3) is 10.8 Å². The van der Waals surface area contributed by atoms with Gasteiger partial charge in [-0.15, -0.1) is 11.3 Å². The van der Waals surface area contributed by atoms with E-state index in [9.17, 15) is 4.79 Å². The fourth-order valence-electron chi connectivity index (χ4n) is 2.10. The molecule has 0 spiro atoms. The summed E-state index contributed by atoms with van der Waals surface area (Å²) in [7, 11) is 1.53. The number of hydrogen-bond donors (Lipinski definition) is 0. The van der Waals surface area contributed by atoms with E-state index in [2.05, 4.69) is 9.97 Å². The lowest BCUT2D eigenvalue weighted by Crippen LogP contribution is -2.08. The van der Waals surface area contributed by atoms with Gasteiger partial charge in [-0.1, -0.05) is 18.2 Å². The molecule has 112 valence electrons. The molecule has 2 aromatic heterocycles. The summed E-state index contributed by atoms with van der Waals surface area (Å²) in [6, 6.07) is 9.30. The SMILES string of the molecule is COc1nc(C(=O)OCc2nc(C)cs2)cc2ccccc12. The zero-order chi connectivity index (χ0) is 15.5. The van der Waals surface area contributed by atoms with Crippen molar-refractivity contribution in [3.05, 3.63) is 52.1 Å². The second kappa shape index (κ2) is 6.11. The smallest absolute Gasteiger partial charge is 0.357 e. The van der Waals surface area contributed by atoms with Gasteiger partial charge in [-0.05, 0) is 24.4 Å². The van der Waals surface area contributed by atoms with Crippen LogP contribution >= 0.6 is 11.3 Å². The van der Waals surface area contributed by atoms with Gasteiger partial charge in [-0.2, -0.15) is 0 Å². The van der Waals surface area contributed by atoms with E-state index in [0.717, 1.165) is 21.5 Å². The second-order valence-corrected chi connectivity index (χ2v) is 5.64. The van der Waals surface area contributed by atoms with Crippen LogP contribution in [-0.4, -0.2) is 23.0 Å².